The van der Waals surface area contributed by atoms with Crippen molar-refractivity contribution in [2.45, 2.75) is 18.8 Å². The van der Waals surface area contributed by atoms with Gasteiger partial charge >= 0.3 is 0 Å². The number of amides is 1. The molecule has 2 aromatic carbocycles. The summed E-state index contributed by atoms with van der Waals surface area (Å²) >= 11 is 1.75. The number of aromatic nitrogens is 4. The molecule has 0 unspecified atom stereocenters. The van der Waals surface area contributed by atoms with Crippen LogP contribution in [0, 0.1) is 0 Å². The van der Waals surface area contributed by atoms with Crippen LogP contribution < -0.4 is 0 Å². The molecular weight excluding hydrogens is 370 g/mol. The van der Waals surface area contributed by atoms with Crippen molar-refractivity contribution in [2.24, 2.45) is 0 Å². The monoisotopic (exact) mass is 389 g/mol. The van der Waals surface area contributed by atoms with E-state index in [1.54, 1.807) is 22.3 Å². The summed E-state index contributed by atoms with van der Waals surface area (Å²) < 4.78 is 2.89. The quantitative estimate of drug-likeness (QED) is 0.533. The van der Waals surface area contributed by atoms with E-state index < -0.39 is 0 Å². The topological polar surface area (TPSA) is 63.9 Å². The van der Waals surface area contributed by atoms with Crippen LogP contribution in [-0.4, -0.2) is 43.6 Å². The van der Waals surface area contributed by atoms with Crippen molar-refractivity contribution in [1.29, 1.82) is 0 Å². The van der Waals surface area contributed by atoms with Crippen LogP contribution in [0.3, 0.4) is 0 Å². The third-order valence-corrected chi connectivity index (χ3v) is 6.36. The normalized spacial score (nSPS) is 17.1. The van der Waals surface area contributed by atoms with E-state index in [2.05, 4.69) is 22.2 Å². The summed E-state index contributed by atoms with van der Waals surface area (Å²) in [4.78, 5) is 23.7. The maximum atomic E-state index is 13.0. The molecule has 0 spiro atoms. The second-order valence-electron chi connectivity index (χ2n) is 7.00. The Morgan fingerprint density at radius 3 is 2.75 bits per heavy atom. The van der Waals surface area contributed by atoms with Gasteiger partial charge in [-0.15, -0.1) is 11.3 Å². The minimum Gasteiger partial charge on any atom is -0.338 e. The van der Waals surface area contributed by atoms with Crippen molar-refractivity contribution >= 4 is 27.5 Å². The Morgan fingerprint density at radius 2 is 1.96 bits per heavy atom. The minimum atomic E-state index is 0.0796. The van der Waals surface area contributed by atoms with Gasteiger partial charge < -0.3 is 4.90 Å². The summed E-state index contributed by atoms with van der Waals surface area (Å²) in [6.07, 6.45) is 5.22. The van der Waals surface area contributed by atoms with Crippen LogP contribution in [0.2, 0.25) is 0 Å². The van der Waals surface area contributed by atoms with E-state index in [0.717, 1.165) is 42.1 Å². The van der Waals surface area contributed by atoms with Crippen LogP contribution >= 0.6 is 11.3 Å². The summed E-state index contributed by atoms with van der Waals surface area (Å²) in [7, 11) is 0. The number of hydrogen-bond donors (Lipinski definition) is 0. The third kappa shape index (κ3) is 3.18. The molecule has 4 aromatic rings. The van der Waals surface area contributed by atoms with Crippen LogP contribution in [0.1, 0.15) is 34.1 Å². The van der Waals surface area contributed by atoms with Gasteiger partial charge in [-0.05, 0) is 49.2 Å². The Labute approximate surface area is 166 Å². The summed E-state index contributed by atoms with van der Waals surface area (Å²) in [5.41, 5.74) is 2.64. The molecule has 3 heterocycles. The molecule has 0 bridgehead atoms. The minimum absolute atomic E-state index is 0.0796. The zero-order valence-electron chi connectivity index (χ0n) is 15.2. The van der Waals surface area contributed by atoms with E-state index in [1.165, 1.54) is 11.0 Å². The zero-order valence-corrected chi connectivity index (χ0v) is 16.0. The van der Waals surface area contributed by atoms with Crippen LogP contribution in [0.25, 0.3) is 15.9 Å². The molecule has 5 rings (SSSR count). The first-order valence-corrected chi connectivity index (χ1v) is 10.2. The number of benzene rings is 2. The van der Waals surface area contributed by atoms with Crippen LogP contribution in [0.4, 0.5) is 0 Å². The Morgan fingerprint density at radius 1 is 1.11 bits per heavy atom. The van der Waals surface area contributed by atoms with Gasteiger partial charge in [0.05, 0.1) is 20.9 Å². The lowest BCUT2D eigenvalue weighted by Gasteiger charge is -2.32. The van der Waals surface area contributed by atoms with E-state index in [0.29, 0.717) is 11.5 Å². The van der Waals surface area contributed by atoms with E-state index >= 15 is 0 Å². The van der Waals surface area contributed by atoms with Crippen LogP contribution in [-0.2, 0) is 0 Å². The zero-order chi connectivity index (χ0) is 18.9. The van der Waals surface area contributed by atoms with E-state index in [4.69, 9.17) is 4.98 Å². The first-order valence-electron chi connectivity index (χ1n) is 9.38. The molecular formula is C21H19N5OS. The Bertz CT molecular complexity index is 1070. The highest BCUT2D eigenvalue weighted by Gasteiger charge is 2.27. The highest BCUT2D eigenvalue weighted by molar-refractivity contribution is 7.18. The van der Waals surface area contributed by atoms with E-state index in [9.17, 15) is 4.79 Å². The molecule has 1 atom stereocenters. The fraction of sp³-hybridized carbons (Fsp3) is 0.238. The van der Waals surface area contributed by atoms with Crippen LogP contribution in [0.15, 0.2) is 61.2 Å². The second kappa shape index (κ2) is 7.16. The summed E-state index contributed by atoms with van der Waals surface area (Å²) in [6, 6.07) is 15.8. The average molecular weight is 389 g/mol. The van der Waals surface area contributed by atoms with Crippen molar-refractivity contribution in [1.82, 2.24) is 24.6 Å². The highest BCUT2D eigenvalue weighted by atomic mass is 32.1. The molecule has 1 saturated heterocycles. The summed E-state index contributed by atoms with van der Waals surface area (Å²) in [6.45, 7) is 1.52. The molecule has 0 N–H and O–H groups in total. The maximum Gasteiger partial charge on any atom is 0.253 e. The lowest BCUT2D eigenvalue weighted by molar-refractivity contribution is 0.0707. The lowest BCUT2D eigenvalue weighted by atomic mass is 9.98. The molecule has 140 valence electrons. The fourth-order valence-electron chi connectivity index (χ4n) is 3.71. The second-order valence-corrected chi connectivity index (χ2v) is 8.06. The number of carbonyl (C=O) groups excluding carboxylic acids is 1. The molecule has 1 aliphatic rings. The summed E-state index contributed by atoms with van der Waals surface area (Å²) in [5, 5.41) is 5.26. The molecule has 2 aromatic heterocycles. The standard InChI is InChI=1S/C21H19N5OS/c27-21(15-7-9-17(10-8-15)26-14-22-13-23-26)25-11-3-4-16(12-25)20-24-18-5-1-2-6-19(18)28-20/h1-2,5-10,13-14,16H,3-4,11-12H2/t16-/m1/s1. The fourth-order valence-corrected chi connectivity index (χ4v) is 4.80. The Balaban J connectivity index is 1.33. The average Bonchev–Trinajstić information content (AvgIpc) is 3.43. The van der Waals surface area contributed by atoms with Crippen molar-refractivity contribution in [3.8, 4) is 5.69 Å². The van der Waals surface area contributed by atoms with Gasteiger partial charge in [0.2, 0.25) is 0 Å². The molecule has 1 amide bonds. The predicted octanol–water partition coefficient (Wildman–Crippen LogP) is 3.90. The van der Waals surface area contributed by atoms with E-state index in [1.807, 2.05) is 41.3 Å². The van der Waals surface area contributed by atoms with Crippen molar-refractivity contribution < 1.29 is 4.79 Å². The third-order valence-electron chi connectivity index (χ3n) is 5.17. The van der Waals surface area contributed by atoms with E-state index in [-0.39, 0.29) is 5.91 Å². The number of nitrogens with zero attached hydrogens (tertiary/aromatic N) is 5. The number of thiazole rings is 1. The molecule has 28 heavy (non-hydrogen) atoms. The molecule has 0 radical (unpaired) electrons. The number of hydrogen-bond acceptors (Lipinski definition) is 5. The largest absolute Gasteiger partial charge is 0.338 e. The first kappa shape index (κ1) is 17.1. The molecule has 1 fully saturated rings. The van der Waals surface area contributed by atoms with Gasteiger partial charge in [0.15, 0.2) is 0 Å². The number of likely N-dealkylation sites (tertiary alicyclic amines) is 1. The molecule has 0 aliphatic carbocycles. The van der Waals surface area contributed by atoms with Gasteiger partial charge in [-0.3, -0.25) is 4.79 Å². The van der Waals surface area contributed by atoms with Gasteiger partial charge in [0.25, 0.3) is 5.91 Å². The number of rotatable bonds is 3. The summed E-state index contributed by atoms with van der Waals surface area (Å²) in [5.74, 6) is 0.389. The number of piperidine rings is 1. The maximum absolute atomic E-state index is 13.0. The predicted molar refractivity (Wildman–Crippen MR) is 109 cm³/mol. The van der Waals surface area contributed by atoms with Gasteiger partial charge in [-0.25, -0.2) is 14.6 Å². The number of carbonyl (C=O) groups is 1. The Kier molecular flexibility index (Phi) is 4.37. The number of fused-ring (bicyclic) bond motifs is 1. The molecule has 6 nitrogen and oxygen atoms in total. The first-order chi connectivity index (χ1) is 13.8. The lowest BCUT2D eigenvalue weighted by Crippen LogP contribution is -2.39. The van der Waals surface area contributed by atoms with Crippen molar-refractivity contribution in [3.05, 3.63) is 71.8 Å². The van der Waals surface area contributed by atoms with Gasteiger partial charge in [0.1, 0.15) is 12.7 Å². The smallest absolute Gasteiger partial charge is 0.253 e. The van der Waals surface area contributed by atoms with Crippen molar-refractivity contribution in [2.75, 3.05) is 13.1 Å². The highest BCUT2D eigenvalue weighted by Crippen LogP contribution is 2.33. The van der Waals surface area contributed by atoms with Gasteiger partial charge in [-0.2, -0.15) is 5.10 Å². The van der Waals surface area contributed by atoms with Crippen LogP contribution in [0.5, 0.6) is 0 Å². The van der Waals surface area contributed by atoms with Crippen molar-refractivity contribution in [3.63, 3.8) is 0 Å². The van der Waals surface area contributed by atoms with Gasteiger partial charge in [-0.1, -0.05) is 12.1 Å². The molecule has 0 saturated carbocycles. The SMILES string of the molecule is O=C(c1ccc(-n2cncn2)cc1)N1CCC[C@@H](c2nc3ccccc3s2)C1. The Hall–Kier alpha value is -3.06. The van der Waals surface area contributed by atoms with Gasteiger partial charge in [0, 0.05) is 24.6 Å². The molecule has 7 heteroatoms. The molecule has 1 aliphatic heterocycles. The number of para-hydroxylation sites is 1.